The van der Waals surface area contributed by atoms with E-state index in [4.69, 9.17) is 18.9 Å². The lowest BCUT2D eigenvalue weighted by Gasteiger charge is -2.36. The van der Waals surface area contributed by atoms with Gasteiger partial charge in [-0.15, -0.1) is 0 Å². The van der Waals surface area contributed by atoms with Crippen molar-refractivity contribution in [3.05, 3.63) is 63.2 Å². The molecule has 10 nitrogen and oxygen atoms in total. The van der Waals surface area contributed by atoms with Crippen LogP contribution in [-0.2, 0) is 27.3 Å². The predicted molar refractivity (Wildman–Crippen MR) is 122 cm³/mol. The normalized spacial score (nSPS) is 15.2. The van der Waals surface area contributed by atoms with E-state index in [0.717, 1.165) is 5.56 Å². The quantitative estimate of drug-likeness (QED) is 0.349. The second-order valence-corrected chi connectivity index (χ2v) is 8.75. The van der Waals surface area contributed by atoms with Crippen LogP contribution in [0.5, 0.6) is 11.5 Å². The van der Waals surface area contributed by atoms with Crippen molar-refractivity contribution in [2.24, 2.45) is 0 Å². The minimum absolute atomic E-state index is 0.0497. The molecule has 2 aromatic rings. The molecule has 0 saturated carbocycles. The maximum atomic E-state index is 12.7. The van der Waals surface area contributed by atoms with Gasteiger partial charge in [-0.05, 0) is 56.5 Å². The number of ether oxygens (including phenoxy) is 4. The Hall–Kier alpha value is -3.82. The minimum Gasteiger partial charge on any atom is -0.496 e. The van der Waals surface area contributed by atoms with Gasteiger partial charge in [0, 0.05) is 24.2 Å². The van der Waals surface area contributed by atoms with Gasteiger partial charge in [0.15, 0.2) is 6.04 Å². The van der Waals surface area contributed by atoms with Gasteiger partial charge in [0.1, 0.15) is 23.7 Å². The Balaban J connectivity index is 1.84. The average Bonchev–Trinajstić information content (AvgIpc) is 2.79. The van der Waals surface area contributed by atoms with E-state index in [1.807, 2.05) is 0 Å². The van der Waals surface area contributed by atoms with Crippen LogP contribution in [0.25, 0.3) is 0 Å². The van der Waals surface area contributed by atoms with E-state index in [2.05, 4.69) is 0 Å². The van der Waals surface area contributed by atoms with Crippen LogP contribution < -0.4 is 9.47 Å². The molecule has 3 rings (SSSR count). The van der Waals surface area contributed by atoms with Crippen molar-refractivity contribution in [1.82, 2.24) is 4.90 Å². The molecule has 1 aliphatic rings. The highest BCUT2D eigenvalue weighted by Gasteiger charge is 2.39. The molecule has 0 radical (unpaired) electrons. The van der Waals surface area contributed by atoms with Crippen LogP contribution in [0.15, 0.2) is 36.4 Å². The molecule has 0 bridgehead atoms. The number of methoxy groups -OCH3 is 2. The maximum Gasteiger partial charge on any atom is 0.411 e. The predicted octanol–water partition coefficient (Wildman–Crippen LogP) is 4.19. The summed E-state index contributed by atoms with van der Waals surface area (Å²) >= 11 is 0. The van der Waals surface area contributed by atoms with Gasteiger partial charge in [0.05, 0.1) is 19.1 Å². The molecular formula is C24H28N2O8. The number of nitrogens with zero attached hydrogens (tertiary/aromatic N) is 2. The van der Waals surface area contributed by atoms with E-state index in [9.17, 15) is 19.7 Å². The molecule has 0 N–H and O–H groups in total. The first-order valence-electron chi connectivity index (χ1n) is 10.7. The van der Waals surface area contributed by atoms with Crippen molar-refractivity contribution in [1.29, 1.82) is 0 Å². The second-order valence-electron chi connectivity index (χ2n) is 8.75. The number of hydrogen-bond donors (Lipinski definition) is 0. The summed E-state index contributed by atoms with van der Waals surface area (Å²) in [6.07, 6.45) is -0.106. The van der Waals surface area contributed by atoms with Gasteiger partial charge in [-0.2, -0.15) is 0 Å². The maximum absolute atomic E-state index is 12.7. The highest BCUT2D eigenvalue weighted by molar-refractivity contribution is 5.84. The molecule has 1 amide bonds. The number of carbonyl (C=O) groups excluding carboxylic acids is 2. The summed E-state index contributed by atoms with van der Waals surface area (Å²) < 4.78 is 21.6. The van der Waals surface area contributed by atoms with Crippen LogP contribution in [-0.4, -0.2) is 48.3 Å². The number of esters is 1. The third-order valence-electron chi connectivity index (χ3n) is 5.26. The van der Waals surface area contributed by atoms with Crippen LogP contribution in [0.2, 0.25) is 0 Å². The fourth-order valence-electron chi connectivity index (χ4n) is 3.73. The Kier molecular flexibility index (Phi) is 7.29. The molecule has 0 saturated heterocycles. The zero-order valence-electron chi connectivity index (χ0n) is 19.8. The molecule has 0 aliphatic carbocycles. The number of hydrogen-bond acceptors (Lipinski definition) is 8. The summed E-state index contributed by atoms with van der Waals surface area (Å²) in [6.45, 7) is 5.60. The standard InChI is InChI=1S/C24H28N2O8/c1-24(2,3)34-23(28)25-11-10-15-13-18(7-8-19(15)21(25)22(27)32-5)33-14-16-12-17(26(29)30)6-9-20(16)31-4/h6-9,12-13,21H,10-11,14H2,1-5H3/t21-/m1/s1. The lowest BCUT2D eigenvalue weighted by Crippen LogP contribution is -2.46. The van der Waals surface area contributed by atoms with Crippen LogP contribution in [0.1, 0.15) is 43.5 Å². The number of benzene rings is 2. The van der Waals surface area contributed by atoms with Crippen molar-refractivity contribution in [3.63, 3.8) is 0 Å². The third-order valence-corrected chi connectivity index (χ3v) is 5.26. The Labute approximate surface area is 197 Å². The summed E-state index contributed by atoms with van der Waals surface area (Å²) in [4.78, 5) is 37.3. The van der Waals surface area contributed by atoms with Gasteiger partial charge in [-0.25, -0.2) is 9.59 Å². The molecule has 1 atom stereocenters. The highest BCUT2D eigenvalue weighted by atomic mass is 16.6. The molecule has 0 unspecified atom stereocenters. The largest absolute Gasteiger partial charge is 0.496 e. The Morgan fingerprint density at radius 1 is 1.15 bits per heavy atom. The van der Waals surface area contributed by atoms with Crippen LogP contribution in [0, 0.1) is 10.1 Å². The zero-order valence-corrected chi connectivity index (χ0v) is 19.8. The highest BCUT2D eigenvalue weighted by Crippen LogP contribution is 2.35. The van der Waals surface area contributed by atoms with Gasteiger partial charge in [0.25, 0.3) is 5.69 Å². The molecule has 0 aromatic heterocycles. The summed E-state index contributed by atoms with van der Waals surface area (Å²) in [5, 5.41) is 11.1. The van der Waals surface area contributed by atoms with Gasteiger partial charge in [-0.3, -0.25) is 15.0 Å². The number of rotatable bonds is 6. The smallest absolute Gasteiger partial charge is 0.411 e. The number of non-ortho nitro benzene ring substituents is 1. The lowest BCUT2D eigenvalue weighted by atomic mass is 9.92. The van der Waals surface area contributed by atoms with Gasteiger partial charge < -0.3 is 18.9 Å². The fraction of sp³-hybridized carbons (Fsp3) is 0.417. The molecular weight excluding hydrogens is 444 g/mol. The zero-order chi connectivity index (χ0) is 25.0. The molecule has 0 spiro atoms. The van der Waals surface area contributed by atoms with E-state index in [1.54, 1.807) is 39.0 Å². The lowest BCUT2D eigenvalue weighted by molar-refractivity contribution is -0.385. The van der Waals surface area contributed by atoms with E-state index >= 15 is 0 Å². The van der Waals surface area contributed by atoms with Crippen LogP contribution in [0.4, 0.5) is 10.5 Å². The summed E-state index contributed by atoms with van der Waals surface area (Å²) in [5.41, 5.74) is 1.22. The number of amides is 1. The van der Waals surface area contributed by atoms with Gasteiger partial charge >= 0.3 is 12.1 Å². The average molecular weight is 472 g/mol. The molecule has 0 fully saturated rings. The summed E-state index contributed by atoms with van der Waals surface area (Å²) in [7, 11) is 2.75. The molecule has 1 heterocycles. The van der Waals surface area contributed by atoms with Crippen molar-refractivity contribution < 1.29 is 33.5 Å². The second kappa shape index (κ2) is 9.98. The summed E-state index contributed by atoms with van der Waals surface area (Å²) in [5.74, 6) is 0.422. The Bertz CT molecular complexity index is 1090. The van der Waals surface area contributed by atoms with E-state index in [1.165, 1.54) is 37.3 Å². The van der Waals surface area contributed by atoms with Crippen LogP contribution >= 0.6 is 0 Å². The number of nitro groups is 1. The minimum atomic E-state index is -0.936. The molecule has 2 aromatic carbocycles. The number of fused-ring (bicyclic) bond motifs is 1. The topological polar surface area (TPSA) is 117 Å². The fourth-order valence-corrected chi connectivity index (χ4v) is 3.73. The van der Waals surface area contributed by atoms with Crippen molar-refractivity contribution >= 4 is 17.7 Å². The van der Waals surface area contributed by atoms with E-state index < -0.39 is 28.6 Å². The monoisotopic (exact) mass is 472 g/mol. The third kappa shape index (κ3) is 5.56. The SMILES string of the molecule is COC(=O)[C@H]1c2ccc(OCc3cc([N+](=O)[O-])ccc3OC)cc2CCN1C(=O)OC(C)(C)C. The first kappa shape index (κ1) is 24.8. The molecule has 1 aliphatic heterocycles. The summed E-state index contributed by atoms with van der Waals surface area (Å²) in [6, 6.07) is 8.55. The Morgan fingerprint density at radius 3 is 2.50 bits per heavy atom. The Morgan fingerprint density at radius 2 is 1.88 bits per heavy atom. The van der Waals surface area contributed by atoms with Crippen molar-refractivity contribution in [2.75, 3.05) is 20.8 Å². The van der Waals surface area contributed by atoms with Gasteiger partial charge in [0.2, 0.25) is 0 Å². The van der Waals surface area contributed by atoms with Crippen LogP contribution in [0.3, 0.4) is 0 Å². The van der Waals surface area contributed by atoms with Gasteiger partial charge in [-0.1, -0.05) is 6.07 Å². The number of nitro benzene ring substituents is 1. The molecule has 10 heteroatoms. The first-order valence-corrected chi connectivity index (χ1v) is 10.7. The van der Waals surface area contributed by atoms with E-state index in [-0.39, 0.29) is 18.8 Å². The molecule has 34 heavy (non-hydrogen) atoms. The van der Waals surface area contributed by atoms with Crippen molar-refractivity contribution in [3.8, 4) is 11.5 Å². The van der Waals surface area contributed by atoms with E-state index in [0.29, 0.717) is 29.0 Å². The first-order chi connectivity index (χ1) is 16.0. The van der Waals surface area contributed by atoms with Crippen molar-refractivity contribution in [2.45, 2.75) is 45.4 Å². The molecule has 182 valence electrons. The number of carbonyl (C=O) groups is 2.